The zero-order valence-corrected chi connectivity index (χ0v) is 8.77. The van der Waals surface area contributed by atoms with Gasteiger partial charge in [-0.25, -0.2) is 10.8 Å². The van der Waals surface area contributed by atoms with Crippen LogP contribution in [0.4, 0.5) is 5.82 Å². The van der Waals surface area contributed by atoms with E-state index in [4.69, 9.17) is 5.84 Å². The fourth-order valence-corrected chi connectivity index (χ4v) is 1.74. The highest BCUT2D eigenvalue weighted by atomic mass is 32.2. The van der Waals surface area contributed by atoms with Crippen molar-refractivity contribution >= 4 is 17.6 Å². The van der Waals surface area contributed by atoms with Gasteiger partial charge in [0.1, 0.15) is 5.82 Å². The maximum Gasteiger partial charge on any atom is 0.141 e. The molecule has 1 rings (SSSR count). The van der Waals surface area contributed by atoms with E-state index in [1.807, 2.05) is 18.2 Å². The zero-order chi connectivity index (χ0) is 9.68. The molecule has 13 heavy (non-hydrogen) atoms. The van der Waals surface area contributed by atoms with E-state index in [1.54, 1.807) is 11.8 Å². The van der Waals surface area contributed by atoms with Crippen molar-refractivity contribution in [2.24, 2.45) is 5.84 Å². The van der Waals surface area contributed by atoms with Gasteiger partial charge in [0.15, 0.2) is 0 Å². The fourth-order valence-electron chi connectivity index (χ4n) is 0.850. The summed E-state index contributed by atoms with van der Waals surface area (Å²) in [4.78, 5) is 4.31. The summed E-state index contributed by atoms with van der Waals surface area (Å²) in [7, 11) is 0. The molecule has 1 aromatic rings. The average molecular weight is 197 g/mol. The lowest BCUT2D eigenvalue weighted by atomic mass is 10.4. The lowest BCUT2D eigenvalue weighted by molar-refractivity contribution is 0.901. The molecule has 0 aromatic carbocycles. The maximum absolute atomic E-state index is 5.26. The van der Waals surface area contributed by atoms with Crippen molar-refractivity contribution in [3.05, 3.63) is 18.2 Å². The van der Waals surface area contributed by atoms with E-state index >= 15 is 0 Å². The number of nitrogens with two attached hydrogens (primary N) is 1. The van der Waals surface area contributed by atoms with E-state index in [9.17, 15) is 0 Å². The summed E-state index contributed by atoms with van der Waals surface area (Å²) in [5, 5.41) is 1.62. The lowest BCUT2D eigenvalue weighted by Crippen LogP contribution is -2.08. The number of hydrogen-bond donors (Lipinski definition) is 2. The van der Waals surface area contributed by atoms with Crippen LogP contribution in [0.5, 0.6) is 0 Å². The molecule has 0 aliphatic rings. The molecule has 0 aliphatic heterocycles. The molecule has 3 N–H and O–H groups in total. The van der Waals surface area contributed by atoms with Crippen molar-refractivity contribution in [2.45, 2.75) is 30.5 Å². The van der Waals surface area contributed by atoms with Crippen LogP contribution in [0.3, 0.4) is 0 Å². The molecule has 0 saturated heterocycles. The van der Waals surface area contributed by atoms with Gasteiger partial charge in [0.05, 0.1) is 5.03 Å². The van der Waals surface area contributed by atoms with Crippen molar-refractivity contribution < 1.29 is 0 Å². The highest BCUT2D eigenvalue weighted by molar-refractivity contribution is 7.99. The summed E-state index contributed by atoms with van der Waals surface area (Å²) in [6.07, 6.45) is 1.15. The monoisotopic (exact) mass is 197 g/mol. The minimum atomic E-state index is 0.598. The van der Waals surface area contributed by atoms with Gasteiger partial charge < -0.3 is 5.43 Å². The van der Waals surface area contributed by atoms with Gasteiger partial charge in [-0.05, 0) is 18.6 Å². The van der Waals surface area contributed by atoms with Crippen molar-refractivity contribution in [3.8, 4) is 0 Å². The smallest absolute Gasteiger partial charge is 0.141 e. The Hall–Kier alpha value is -0.740. The molecule has 0 radical (unpaired) electrons. The van der Waals surface area contributed by atoms with Gasteiger partial charge in [-0.1, -0.05) is 19.9 Å². The highest BCUT2D eigenvalue weighted by Gasteiger charge is 2.02. The minimum absolute atomic E-state index is 0.598. The molecule has 0 bridgehead atoms. The van der Waals surface area contributed by atoms with Crippen LogP contribution in [-0.2, 0) is 0 Å². The van der Waals surface area contributed by atoms with Gasteiger partial charge in [-0.3, -0.25) is 0 Å². The van der Waals surface area contributed by atoms with Crippen molar-refractivity contribution in [1.82, 2.24) is 4.98 Å². The first kappa shape index (κ1) is 10.3. The zero-order valence-electron chi connectivity index (χ0n) is 7.95. The maximum atomic E-state index is 5.26. The molecule has 1 heterocycles. The first-order valence-corrected chi connectivity index (χ1v) is 5.24. The molecule has 4 heteroatoms. The third-order valence-corrected chi connectivity index (χ3v) is 2.97. The van der Waals surface area contributed by atoms with E-state index in [-0.39, 0.29) is 0 Å². The summed E-state index contributed by atoms with van der Waals surface area (Å²) in [5.41, 5.74) is 2.53. The Morgan fingerprint density at radius 1 is 1.62 bits per heavy atom. The number of hydrogen-bond acceptors (Lipinski definition) is 4. The second-order valence-electron chi connectivity index (χ2n) is 2.84. The van der Waals surface area contributed by atoms with Crippen molar-refractivity contribution in [1.29, 1.82) is 0 Å². The Morgan fingerprint density at radius 3 is 3.00 bits per heavy atom. The molecular formula is C9H15N3S. The third-order valence-electron chi connectivity index (χ3n) is 1.77. The number of nitrogens with one attached hydrogen (secondary N) is 1. The largest absolute Gasteiger partial charge is 0.308 e. The number of aromatic nitrogens is 1. The van der Waals surface area contributed by atoms with Crippen molar-refractivity contribution in [2.75, 3.05) is 5.43 Å². The van der Waals surface area contributed by atoms with Crippen LogP contribution in [0.1, 0.15) is 20.3 Å². The summed E-state index contributed by atoms with van der Waals surface area (Å²) in [6.45, 7) is 4.36. The summed E-state index contributed by atoms with van der Waals surface area (Å²) >= 11 is 1.77. The Bertz CT molecular complexity index is 265. The van der Waals surface area contributed by atoms with Gasteiger partial charge in [0.2, 0.25) is 0 Å². The molecule has 1 aromatic heterocycles. The number of thioether (sulfide) groups is 1. The molecule has 0 spiro atoms. The number of rotatable bonds is 4. The van der Waals surface area contributed by atoms with Gasteiger partial charge in [0.25, 0.3) is 0 Å². The van der Waals surface area contributed by atoms with E-state index in [0.717, 1.165) is 11.4 Å². The number of pyridine rings is 1. The molecule has 1 atom stereocenters. The first-order valence-electron chi connectivity index (χ1n) is 4.36. The minimum Gasteiger partial charge on any atom is -0.308 e. The fraction of sp³-hybridized carbons (Fsp3) is 0.444. The van der Waals surface area contributed by atoms with Gasteiger partial charge >= 0.3 is 0 Å². The van der Waals surface area contributed by atoms with Crippen LogP contribution in [-0.4, -0.2) is 10.2 Å². The molecule has 1 unspecified atom stereocenters. The van der Waals surface area contributed by atoms with E-state index in [0.29, 0.717) is 11.1 Å². The summed E-state index contributed by atoms with van der Waals surface area (Å²) < 4.78 is 0. The van der Waals surface area contributed by atoms with Crippen LogP contribution in [0, 0.1) is 0 Å². The van der Waals surface area contributed by atoms with Gasteiger partial charge in [-0.2, -0.15) is 0 Å². The summed E-state index contributed by atoms with van der Waals surface area (Å²) in [6, 6.07) is 5.80. The summed E-state index contributed by atoms with van der Waals surface area (Å²) in [5.74, 6) is 5.98. The van der Waals surface area contributed by atoms with Gasteiger partial charge in [0, 0.05) is 5.25 Å². The first-order chi connectivity index (χ1) is 6.26. The molecule has 0 amide bonds. The van der Waals surface area contributed by atoms with Crippen LogP contribution in [0.25, 0.3) is 0 Å². The van der Waals surface area contributed by atoms with Crippen molar-refractivity contribution in [3.63, 3.8) is 0 Å². The molecule has 0 fully saturated rings. The number of nitrogens with zero attached hydrogens (tertiary/aromatic N) is 1. The van der Waals surface area contributed by atoms with Crippen LogP contribution in [0.2, 0.25) is 0 Å². The molecule has 0 aliphatic carbocycles. The van der Waals surface area contributed by atoms with Crippen LogP contribution < -0.4 is 11.3 Å². The second-order valence-corrected chi connectivity index (χ2v) is 4.30. The van der Waals surface area contributed by atoms with E-state index in [1.165, 1.54) is 0 Å². The predicted octanol–water partition coefficient (Wildman–Crippen LogP) is 2.26. The topological polar surface area (TPSA) is 50.9 Å². The molecule has 3 nitrogen and oxygen atoms in total. The number of hydrazine groups is 1. The lowest BCUT2D eigenvalue weighted by Gasteiger charge is -2.07. The quantitative estimate of drug-likeness (QED) is 0.441. The Labute approximate surface area is 83.1 Å². The number of nitrogen functional groups attached to an aromatic ring is 1. The highest BCUT2D eigenvalue weighted by Crippen LogP contribution is 2.23. The standard InChI is InChI=1S/C9H15N3S/c1-3-7(2)13-9-6-4-5-8(11-9)12-10/h4-7H,3,10H2,1-2H3,(H,11,12). The average Bonchev–Trinajstić information content (AvgIpc) is 2.18. The molecular weight excluding hydrogens is 182 g/mol. The molecule has 72 valence electrons. The van der Waals surface area contributed by atoms with E-state index < -0.39 is 0 Å². The molecule has 0 saturated carbocycles. The SMILES string of the molecule is CCC(C)Sc1cccc(NN)n1. The predicted molar refractivity (Wildman–Crippen MR) is 57.7 cm³/mol. The third kappa shape index (κ3) is 3.24. The normalized spacial score (nSPS) is 12.5. The van der Waals surface area contributed by atoms with Crippen LogP contribution >= 0.6 is 11.8 Å². The Balaban J connectivity index is 2.66. The second kappa shape index (κ2) is 5.09. The Kier molecular flexibility index (Phi) is 4.05. The Morgan fingerprint density at radius 2 is 2.38 bits per heavy atom. The number of anilines is 1. The van der Waals surface area contributed by atoms with Crippen LogP contribution in [0.15, 0.2) is 23.2 Å². The van der Waals surface area contributed by atoms with Gasteiger partial charge in [-0.15, -0.1) is 11.8 Å². The van der Waals surface area contributed by atoms with E-state index in [2.05, 4.69) is 24.3 Å².